The van der Waals surface area contributed by atoms with Crippen LogP contribution < -0.4 is 20.6 Å². The van der Waals surface area contributed by atoms with E-state index in [9.17, 15) is 47.4 Å². The summed E-state index contributed by atoms with van der Waals surface area (Å²) < 4.78 is 95.9. The third-order valence-corrected chi connectivity index (χ3v) is 5.81. The van der Waals surface area contributed by atoms with Crippen molar-refractivity contribution in [1.29, 1.82) is 21.0 Å². The fourth-order valence-electron chi connectivity index (χ4n) is 4.17. The highest BCUT2D eigenvalue weighted by Gasteiger charge is 2.32. The Labute approximate surface area is 239 Å². The summed E-state index contributed by atoms with van der Waals surface area (Å²) in [6.45, 7) is 0. The van der Waals surface area contributed by atoms with Gasteiger partial charge in [0.15, 0.2) is 22.3 Å². The molecule has 0 radical (unpaired) electrons. The third-order valence-electron chi connectivity index (χ3n) is 5.81. The van der Waals surface area contributed by atoms with Gasteiger partial charge in [-0.25, -0.2) is 9.97 Å². The smallest absolute Gasteiger partial charge is 0.434 e. The zero-order valence-corrected chi connectivity index (χ0v) is 21.2. The van der Waals surface area contributed by atoms with Gasteiger partial charge in [0, 0.05) is 0 Å². The molecule has 0 fully saturated rings. The molecule has 0 N–H and O–H groups in total. The number of hydrogen-bond donors (Lipinski definition) is 0. The molecule has 0 amide bonds. The normalized spacial score (nSPS) is 11.3. The van der Waals surface area contributed by atoms with Crippen LogP contribution in [0.25, 0.3) is 55.6 Å². The lowest BCUT2D eigenvalue weighted by molar-refractivity contribution is -0.275. The first kappa shape index (κ1) is 29.0. The van der Waals surface area contributed by atoms with Gasteiger partial charge in [-0.1, -0.05) is 24.3 Å². The highest BCUT2D eigenvalue weighted by Crippen LogP contribution is 2.42. The minimum absolute atomic E-state index is 0.00791. The number of fused-ring (bicyclic) bond motifs is 2. The molecule has 5 aromatic rings. The lowest BCUT2D eigenvalue weighted by atomic mass is 9.96. The number of hydrogen-bond acceptors (Lipinski definition) is 10. The minimum atomic E-state index is -4.98. The number of alkyl halides is 6. The molecular formula is C28H8F6N6O4. The maximum absolute atomic E-state index is 12.7. The Morgan fingerprint density at radius 3 is 1.16 bits per heavy atom. The van der Waals surface area contributed by atoms with E-state index < -0.39 is 46.5 Å². The van der Waals surface area contributed by atoms with E-state index in [0.29, 0.717) is 0 Å². The van der Waals surface area contributed by atoms with Gasteiger partial charge >= 0.3 is 12.7 Å². The summed E-state index contributed by atoms with van der Waals surface area (Å²) in [5.74, 6) is -1.14. The van der Waals surface area contributed by atoms with E-state index in [1.54, 1.807) is 24.3 Å². The van der Waals surface area contributed by atoms with E-state index in [4.69, 9.17) is 8.83 Å². The minimum Gasteiger partial charge on any atom is -0.434 e. The number of rotatable bonds is 4. The van der Waals surface area contributed by atoms with Gasteiger partial charge < -0.3 is 18.3 Å². The summed E-state index contributed by atoms with van der Waals surface area (Å²) in [7, 11) is 0. The van der Waals surface area contributed by atoms with E-state index >= 15 is 0 Å². The van der Waals surface area contributed by atoms with Crippen molar-refractivity contribution in [3.63, 3.8) is 0 Å². The monoisotopic (exact) mass is 606 g/mol. The Morgan fingerprint density at radius 2 is 0.886 bits per heavy atom. The van der Waals surface area contributed by atoms with Crippen molar-refractivity contribution in [2.24, 2.45) is 0 Å². The SMILES string of the molecule is N#CC(C#N)=c1nc2c(-c3ccc(OC(F)(F)F)cc3)c3oc(=C(C#N)C#N)nc3c(-c3ccc(OC(F)(F)F)cc3)c2o1. The summed E-state index contributed by atoms with van der Waals surface area (Å²) in [5.41, 5.74) is -2.29. The van der Waals surface area contributed by atoms with Crippen molar-refractivity contribution in [3.05, 3.63) is 59.6 Å². The quantitative estimate of drug-likeness (QED) is 0.239. The molecule has 0 unspecified atom stereocenters. The molecule has 2 aromatic heterocycles. The van der Waals surface area contributed by atoms with Gasteiger partial charge in [-0.3, -0.25) is 0 Å². The van der Waals surface area contributed by atoms with Gasteiger partial charge in [0.1, 0.15) is 46.8 Å². The molecular weight excluding hydrogens is 598 g/mol. The molecule has 16 heteroatoms. The second-order valence-electron chi connectivity index (χ2n) is 8.49. The van der Waals surface area contributed by atoms with E-state index in [2.05, 4.69) is 19.4 Å². The molecule has 2 heterocycles. The lowest BCUT2D eigenvalue weighted by Crippen LogP contribution is -2.17. The van der Waals surface area contributed by atoms with Crippen molar-refractivity contribution in [2.75, 3.05) is 0 Å². The summed E-state index contributed by atoms with van der Waals surface area (Å²) >= 11 is 0. The second-order valence-corrected chi connectivity index (χ2v) is 8.49. The van der Waals surface area contributed by atoms with Crippen LogP contribution in [-0.4, -0.2) is 22.7 Å². The zero-order chi connectivity index (χ0) is 31.8. The highest BCUT2D eigenvalue weighted by atomic mass is 19.4. The lowest BCUT2D eigenvalue weighted by Gasteiger charge is -2.12. The maximum Gasteiger partial charge on any atom is 0.573 e. The Morgan fingerprint density at radius 1 is 0.568 bits per heavy atom. The van der Waals surface area contributed by atoms with Gasteiger partial charge in [0.2, 0.25) is 11.1 Å². The molecule has 0 saturated heterocycles. The topological polar surface area (TPSA) is 166 Å². The zero-order valence-electron chi connectivity index (χ0n) is 21.2. The number of halogens is 6. The summed E-state index contributed by atoms with van der Waals surface area (Å²) in [5, 5.41) is 37.6. The highest BCUT2D eigenvalue weighted by molar-refractivity contribution is 6.15. The van der Waals surface area contributed by atoms with Crippen LogP contribution in [0.1, 0.15) is 0 Å². The van der Waals surface area contributed by atoms with E-state index in [-0.39, 0.29) is 44.5 Å². The third kappa shape index (κ3) is 5.51. The molecule has 0 aliphatic heterocycles. The summed E-state index contributed by atoms with van der Waals surface area (Å²) in [6, 6.07) is 15.2. The van der Waals surface area contributed by atoms with Crippen LogP contribution in [0.5, 0.6) is 11.5 Å². The second kappa shape index (κ2) is 10.7. The Balaban J connectivity index is 1.92. The molecule has 0 saturated carbocycles. The number of aromatic nitrogens is 2. The van der Waals surface area contributed by atoms with Crippen molar-refractivity contribution in [3.8, 4) is 58.0 Å². The van der Waals surface area contributed by atoms with Crippen molar-refractivity contribution in [2.45, 2.75) is 12.7 Å². The average molecular weight is 606 g/mol. The molecule has 0 bridgehead atoms. The van der Waals surface area contributed by atoms with Gasteiger partial charge in [-0.15, -0.1) is 26.3 Å². The molecule has 0 spiro atoms. The number of oxazole rings is 2. The number of nitriles is 4. The van der Waals surface area contributed by atoms with E-state index in [1.807, 2.05) is 0 Å². The van der Waals surface area contributed by atoms with Crippen LogP contribution in [-0.2, 0) is 0 Å². The van der Waals surface area contributed by atoms with Gasteiger partial charge in [0.05, 0.1) is 11.1 Å². The maximum atomic E-state index is 12.7. The standard InChI is InChI=1S/C28H8F6N6O4/c29-27(30,31)43-17-5-1-13(2-6-17)19-21-24(42-25(39-21)15(9-35)10-36)20(14-3-7-18(8-4-14)44-28(32,33)34)22-23(19)41-26(40-22)16(11-37)12-38/h1-8H. The van der Waals surface area contributed by atoms with Crippen molar-refractivity contribution in [1.82, 2.24) is 9.97 Å². The van der Waals surface area contributed by atoms with Crippen LogP contribution in [0.4, 0.5) is 26.3 Å². The Bertz CT molecular complexity index is 1990. The van der Waals surface area contributed by atoms with E-state index in [1.165, 1.54) is 24.3 Å². The van der Waals surface area contributed by atoms with Crippen LogP contribution >= 0.6 is 0 Å². The predicted octanol–water partition coefficient (Wildman–Crippen LogP) is 5.50. The number of benzene rings is 3. The average Bonchev–Trinajstić information content (AvgIpc) is 3.58. The fourth-order valence-corrected chi connectivity index (χ4v) is 4.17. The molecule has 10 nitrogen and oxygen atoms in total. The van der Waals surface area contributed by atoms with Gasteiger partial charge in [-0.2, -0.15) is 21.0 Å². The first-order valence-electron chi connectivity index (χ1n) is 11.7. The fraction of sp³-hybridized carbons (Fsp3) is 0.0714. The first-order chi connectivity index (χ1) is 20.9. The molecule has 3 aromatic carbocycles. The summed E-state index contributed by atoms with van der Waals surface area (Å²) in [6.07, 6.45) is -9.96. The molecule has 5 rings (SSSR count). The number of nitrogens with zero attached hydrogens (tertiary/aromatic N) is 6. The van der Waals surface area contributed by atoms with E-state index in [0.717, 1.165) is 24.3 Å². The summed E-state index contributed by atoms with van der Waals surface area (Å²) in [4.78, 5) is 8.50. The van der Waals surface area contributed by atoms with Crippen LogP contribution in [0.3, 0.4) is 0 Å². The largest absolute Gasteiger partial charge is 0.573 e. The van der Waals surface area contributed by atoms with Crippen LogP contribution in [0, 0.1) is 45.3 Å². The van der Waals surface area contributed by atoms with Gasteiger partial charge in [-0.05, 0) is 35.4 Å². The number of ether oxygens (including phenoxy) is 2. The van der Waals surface area contributed by atoms with Crippen molar-refractivity contribution >= 4 is 33.3 Å². The Hall–Kier alpha value is -6.52. The molecule has 0 aliphatic carbocycles. The molecule has 0 atom stereocenters. The molecule has 44 heavy (non-hydrogen) atoms. The Kier molecular flexibility index (Phi) is 7.06. The van der Waals surface area contributed by atoms with Gasteiger partial charge in [0.25, 0.3) is 0 Å². The molecule has 216 valence electrons. The van der Waals surface area contributed by atoms with Crippen molar-refractivity contribution < 1.29 is 44.7 Å². The van der Waals surface area contributed by atoms with Crippen LogP contribution in [0.15, 0.2) is 57.4 Å². The first-order valence-corrected chi connectivity index (χ1v) is 11.7. The predicted molar refractivity (Wildman–Crippen MR) is 134 cm³/mol. The van der Waals surface area contributed by atoms with Crippen LogP contribution in [0.2, 0.25) is 0 Å². The molecule has 0 aliphatic rings.